The molecule has 4 nitrogen and oxygen atoms in total. The van der Waals surface area contributed by atoms with Gasteiger partial charge < -0.3 is 10.1 Å². The van der Waals surface area contributed by atoms with Crippen LogP contribution in [0.1, 0.15) is 43.7 Å². The fourth-order valence-corrected chi connectivity index (χ4v) is 3.03. The molecule has 2 rings (SSSR count). The van der Waals surface area contributed by atoms with Gasteiger partial charge in [0.1, 0.15) is 0 Å². The monoisotopic (exact) mass is 387 g/mol. The van der Waals surface area contributed by atoms with Gasteiger partial charge in [0.15, 0.2) is 6.61 Å². The van der Waals surface area contributed by atoms with Crippen LogP contribution < -0.4 is 5.32 Å². The number of carbonyl (C=O) groups excluding carboxylic acids is 2. The predicted octanol–water partition coefficient (Wildman–Crippen LogP) is 4.54. The van der Waals surface area contributed by atoms with Crippen LogP contribution in [0.25, 0.3) is 0 Å². The van der Waals surface area contributed by atoms with Crippen molar-refractivity contribution in [2.24, 2.45) is 5.92 Å². The lowest BCUT2D eigenvalue weighted by atomic mass is 9.88. The number of ether oxygens (including phenoxy) is 1. The Labute approximate surface area is 165 Å². The van der Waals surface area contributed by atoms with Gasteiger partial charge in [-0.3, -0.25) is 9.59 Å². The van der Waals surface area contributed by atoms with Gasteiger partial charge in [0.05, 0.1) is 5.92 Å². The third kappa shape index (κ3) is 6.40. The van der Waals surface area contributed by atoms with E-state index < -0.39 is 11.9 Å². The number of hydrogen-bond donors (Lipinski definition) is 1. The molecule has 0 spiro atoms. The second-order valence-electron chi connectivity index (χ2n) is 7.00. The summed E-state index contributed by atoms with van der Waals surface area (Å²) in [7, 11) is 0. The Morgan fingerprint density at radius 3 is 2.19 bits per heavy atom. The van der Waals surface area contributed by atoms with Crippen LogP contribution in [-0.2, 0) is 14.3 Å². The minimum atomic E-state index is -0.432. The molecule has 1 amide bonds. The molecule has 0 radical (unpaired) electrons. The SMILES string of the molecule is CC(C)[C@H](C(=O)OCC(=O)NC[C@H](C)c1ccccc1)c1ccc(Cl)cc1. The lowest BCUT2D eigenvalue weighted by Gasteiger charge is -2.20. The van der Waals surface area contributed by atoms with Gasteiger partial charge in [-0.2, -0.15) is 0 Å². The van der Waals surface area contributed by atoms with E-state index >= 15 is 0 Å². The standard InChI is InChI=1S/C22H26ClNO3/c1-15(2)21(18-9-11-19(23)12-10-18)22(26)27-14-20(25)24-13-16(3)17-7-5-4-6-8-17/h4-12,15-16,21H,13-14H2,1-3H3,(H,24,25)/t16-,21-/m0/s1. The van der Waals surface area contributed by atoms with Crippen molar-refractivity contribution < 1.29 is 14.3 Å². The summed E-state index contributed by atoms with van der Waals surface area (Å²) in [6.07, 6.45) is 0. The summed E-state index contributed by atoms with van der Waals surface area (Å²) in [4.78, 5) is 24.6. The number of halogens is 1. The molecule has 1 N–H and O–H groups in total. The minimum absolute atomic E-state index is 0.0415. The number of carbonyl (C=O) groups is 2. The van der Waals surface area contributed by atoms with E-state index in [1.54, 1.807) is 12.1 Å². The molecule has 5 heteroatoms. The quantitative estimate of drug-likeness (QED) is 0.676. The molecule has 0 saturated heterocycles. The molecule has 0 aliphatic carbocycles. The van der Waals surface area contributed by atoms with E-state index in [9.17, 15) is 9.59 Å². The highest BCUT2D eigenvalue weighted by Gasteiger charge is 2.26. The zero-order chi connectivity index (χ0) is 19.8. The highest BCUT2D eigenvalue weighted by Crippen LogP contribution is 2.27. The largest absolute Gasteiger partial charge is 0.455 e. The number of benzene rings is 2. The van der Waals surface area contributed by atoms with E-state index in [0.717, 1.165) is 11.1 Å². The average Bonchev–Trinajstić information content (AvgIpc) is 2.66. The van der Waals surface area contributed by atoms with Crippen molar-refractivity contribution in [1.82, 2.24) is 5.32 Å². The summed E-state index contributed by atoms with van der Waals surface area (Å²) in [6, 6.07) is 17.1. The maximum Gasteiger partial charge on any atom is 0.314 e. The summed E-state index contributed by atoms with van der Waals surface area (Å²) < 4.78 is 5.27. The molecule has 2 aromatic rings. The summed E-state index contributed by atoms with van der Waals surface area (Å²) in [6.45, 7) is 6.14. The van der Waals surface area contributed by atoms with Crippen LogP contribution >= 0.6 is 11.6 Å². The Morgan fingerprint density at radius 1 is 0.963 bits per heavy atom. The smallest absolute Gasteiger partial charge is 0.314 e. The molecule has 27 heavy (non-hydrogen) atoms. The first-order valence-electron chi connectivity index (χ1n) is 9.12. The number of rotatable bonds is 8. The Hall–Kier alpha value is -2.33. The van der Waals surface area contributed by atoms with Gasteiger partial charge in [-0.1, -0.05) is 74.8 Å². The van der Waals surface area contributed by atoms with Crippen molar-refractivity contribution >= 4 is 23.5 Å². The van der Waals surface area contributed by atoms with E-state index in [2.05, 4.69) is 5.32 Å². The molecular weight excluding hydrogens is 362 g/mol. The molecule has 0 fully saturated rings. The number of nitrogens with one attached hydrogen (secondary N) is 1. The number of amides is 1. The summed E-state index contributed by atoms with van der Waals surface area (Å²) in [5.74, 6) is -0.912. The lowest BCUT2D eigenvalue weighted by molar-refractivity contribution is -0.151. The molecule has 0 bridgehead atoms. The molecule has 2 atom stereocenters. The molecule has 144 valence electrons. The summed E-state index contributed by atoms with van der Waals surface area (Å²) in [5.41, 5.74) is 1.98. The van der Waals surface area contributed by atoms with Crippen molar-refractivity contribution in [2.45, 2.75) is 32.6 Å². The summed E-state index contributed by atoms with van der Waals surface area (Å²) >= 11 is 5.91. The van der Waals surface area contributed by atoms with Gasteiger partial charge in [-0.05, 0) is 35.1 Å². The molecule has 0 saturated carbocycles. The maximum absolute atomic E-state index is 12.5. The molecular formula is C22H26ClNO3. The van der Waals surface area contributed by atoms with Crippen molar-refractivity contribution in [2.75, 3.05) is 13.2 Å². The van der Waals surface area contributed by atoms with Crippen LogP contribution in [0, 0.1) is 5.92 Å². The first-order valence-corrected chi connectivity index (χ1v) is 9.50. The van der Waals surface area contributed by atoms with Crippen LogP contribution in [0.2, 0.25) is 5.02 Å². The Bertz CT molecular complexity index is 744. The van der Waals surface area contributed by atoms with Crippen molar-refractivity contribution in [3.63, 3.8) is 0 Å². The number of esters is 1. The Balaban J connectivity index is 1.85. The van der Waals surface area contributed by atoms with Gasteiger partial charge in [0.2, 0.25) is 0 Å². The topological polar surface area (TPSA) is 55.4 Å². The minimum Gasteiger partial charge on any atom is -0.455 e. The normalized spacial score (nSPS) is 13.1. The highest BCUT2D eigenvalue weighted by molar-refractivity contribution is 6.30. The van der Waals surface area contributed by atoms with Crippen molar-refractivity contribution in [3.8, 4) is 0 Å². The van der Waals surface area contributed by atoms with Crippen molar-refractivity contribution in [1.29, 1.82) is 0 Å². The van der Waals surface area contributed by atoms with Gasteiger partial charge >= 0.3 is 5.97 Å². The predicted molar refractivity (Wildman–Crippen MR) is 108 cm³/mol. The van der Waals surface area contributed by atoms with Gasteiger partial charge in [-0.15, -0.1) is 0 Å². The second kappa shape index (κ2) is 10.1. The van der Waals surface area contributed by atoms with Crippen LogP contribution in [0.15, 0.2) is 54.6 Å². The molecule has 2 aromatic carbocycles. The van der Waals surface area contributed by atoms with Crippen LogP contribution in [0.5, 0.6) is 0 Å². The Kier molecular flexibility index (Phi) is 7.86. The van der Waals surface area contributed by atoms with E-state index in [4.69, 9.17) is 16.3 Å². The third-order valence-electron chi connectivity index (χ3n) is 4.47. The molecule has 0 unspecified atom stereocenters. The van der Waals surface area contributed by atoms with E-state index in [-0.39, 0.29) is 24.3 Å². The first kappa shape index (κ1) is 21.0. The highest BCUT2D eigenvalue weighted by atomic mass is 35.5. The summed E-state index contributed by atoms with van der Waals surface area (Å²) in [5, 5.41) is 3.43. The fourth-order valence-electron chi connectivity index (χ4n) is 2.91. The zero-order valence-electron chi connectivity index (χ0n) is 15.9. The van der Waals surface area contributed by atoms with E-state index in [0.29, 0.717) is 11.6 Å². The molecule has 0 aliphatic rings. The van der Waals surface area contributed by atoms with Crippen LogP contribution in [0.3, 0.4) is 0 Å². The van der Waals surface area contributed by atoms with Crippen molar-refractivity contribution in [3.05, 3.63) is 70.7 Å². The van der Waals surface area contributed by atoms with Crippen LogP contribution in [0.4, 0.5) is 0 Å². The fraction of sp³-hybridized carbons (Fsp3) is 0.364. The second-order valence-corrected chi connectivity index (χ2v) is 7.43. The molecule has 0 heterocycles. The molecule has 0 aromatic heterocycles. The average molecular weight is 388 g/mol. The first-order chi connectivity index (χ1) is 12.9. The lowest BCUT2D eigenvalue weighted by Crippen LogP contribution is -2.33. The molecule has 0 aliphatic heterocycles. The third-order valence-corrected chi connectivity index (χ3v) is 4.72. The van der Waals surface area contributed by atoms with E-state index in [1.807, 2.05) is 63.2 Å². The van der Waals surface area contributed by atoms with Gasteiger partial charge in [0, 0.05) is 11.6 Å². The van der Waals surface area contributed by atoms with Gasteiger partial charge in [0.25, 0.3) is 5.91 Å². The Morgan fingerprint density at radius 2 is 1.59 bits per heavy atom. The van der Waals surface area contributed by atoms with Crippen LogP contribution in [-0.4, -0.2) is 25.0 Å². The van der Waals surface area contributed by atoms with E-state index in [1.165, 1.54) is 0 Å². The maximum atomic E-state index is 12.5. The van der Waals surface area contributed by atoms with Gasteiger partial charge in [-0.25, -0.2) is 0 Å². The zero-order valence-corrected chi connectivity index (χ0v) is 16.7. The number of hydrogen-bond acceptors (Lipinski definition) is 3.